The van der Waals surface area contributed by atoms with Crippen LogP contribution in [0.25, 0.3) is 0 Å². The van der Waals surface area contributed by atoms with Gasteiger partial charge in [0.1, 0.15) is 6.54 Å². The Morgan fingerprint density at radius 1 is 1.56 bits per heavy atom. The monoisotopic (exact) mass is 244 g/mol. The van der Waals surface area contributed by atoms with Crippen molar-refractivity contribution in [3.8, 4) is 6.07 Å². The van der Waals surface area contributed by atoms with Crippen LogP contribution < -0.4 is 4.90 Å². The van der Waals surface area contributed by atoms with E-state index in [1.807, 2.05) is 29.2 Å². The minimum atomic E-state index is -0.218. The third-order valence-electron chi connectivity index (χ3n) is 3.12. The molecule has 0 radical (unpaired) electrons. The van der Waals surface area contributed by atoms with E-state index in [-0.39, 0.29) is 18.4 Å². The molecule has 1 aliphatic rings. The molecule has 0 aromatic heterocycles. The van der Waals surface area contributed by atoms with Crippen molar-refractivity contribution in [1.29, 1.82) is 5.26 Å². The van der Waals surface area contributed by atoms with Crippen molar-refractivity contribution >= 4 is 11.7 Å². The number of nitriles is 1. The summed E-state index contributed by atoms with van der Waals surface area (Å²) < 4.78 is 4.97. The summed E-state index contributed by atoms with van der Waals surface area (Å²) in [4.78, 5) is 13.5. The second kappa shape index (κ2) is 5.54. The molecule has 1 aromatic rings. The van der Waals surface area contributed by atoms with Crippen molar-refractivity contribution in [1.82, 2.24) is 0 Å². The summed E-state index contributed by atoms with van der Waals surface area (Å²) in [7, 11) is 0. The summed E-state index contributed by atoms with van der Waals surface area (Å²) in [6.07, 6.45) is 0.482. The highest BCUT2D eigenvalue weighted by Crippen LogP contribution is 2.37. The van der Waals surface area contributed by atoms with E-state index in [4.69, 9.17) is 10.00 Å². The number of hydrogen-bond acceptors (Lipinski definition) is 4. The Hall–Kier alpha value is -2.02. The molecule has 1 aromatic carbocycles. The third-order valence-corrected chi connectivity index (χ3v) is 3.12. The number of para-hydroxylation sites is 1. The van der Waals surface area contributed by atoms with Crippen molar-refractivity contribution < 1.29 is 9.53 Å². The maximum absolute atomic E-state index is 11.5. The van der Waals surface area contributed by atoms with Gasteiger partial charge in [-0.1, -0.05) is 18.2 Å². The largest absolute Gasteiger partial charge is 0.465 e. The van der Waals surface area contributed by atoms with Crippen LogP contribution in [0.3, 0.4) is 0 Å². The van der Waals surface area contributed by atoms with E-state index >= 15 is 0 Å². The van der Waals surface area contributed by atoms with Gasteiger partial charge in [-0.3, -0.25) is 4.79 Å². The Labute approximate surface area is 107 Å². The van der Waals surface area contributed by atoms with Crippen molar-refractivity contribution in [3.05, 3.63) is 29.8 Å². The molecule has 1 heterocycles. The van der Waals surface area contributed by atoms with Gasteiger partial charge in [0.25, 0.3) is 0 Å². The van der Waals surface area contributed by atoms with Gasteiger partial charge in [0, 0.05) is 24.6 Å². The van der Waals surface area contributed by atoms with E-state index in [0.717, 1.165) is 11.3 Å². The highest BCUT2D eigenvalue weighted by Gasteiger charge is 2.29. The van der Waals surface area contributed by atoms with Crippen LogP contribution in [0.4, 0.5) is 5.69 Å². The zero-order chi connectivity index (χ0) is 13.0. The second-order valence-electron chi connectivity index (χ2n) is 4.30. The zero-order valence-electron chi connectivity index (χ0n) is 10.4. The van der Waals surface area contributed by atoms with E-state index in [9.17, 15) is 4.79 Å². The van der Waals surface area contributed by atoms with Gasteiger partial charge in [-0.15, -0.1) is 0 Å². The van der Waals surface area contributed by atoms with Crippen LogP contribution in [0.2, 0.25) is 0 Å². The molecule has 0 spiro atoms. The van der Waals surface area contributed by atoms with Gasteiger partial charge < -0.3 is 9.64 Å². The van der Waals surface area contributed by atoms with Crippen LogP contribution in [0.5, 0.6) is 0 Å². The summed E-state index contributed by atoms with van der Waals surface area (Å²) >= 11 is 0. The quantitative estimate of drug-likeness (QED) is 0.761. The first-order valence-corrected chi connectivity index (χ1v) is 6.12. The molecule has 1 unspecified atom stereocenters. The Balaban J connectivity index is 2.15. The first-order chi connectivity index (χ1) is 8.76. The lowest BCUT2D eigenvalue weighted by atomic mass is 9.99. The summed E-state index contributed by atoms with van der Waals surface area (Å²) in [5.41, 5.74) is 2.20. The molecule has 18 heavy (non-hydrogen) atoms. The molecular formula is C14H16N2O2. The topological polar surface area (TPSA) is 53.3 Å². The fourth-order valence-electron chi connectivity index (χ4n) is 2.38. The van der Waals surface area contributed by atoms with Crippen molar-refractivity contribution in [2.45, 2.75) is 19.3 Å². The van der Waals surface area contributed by atoms with Crippen LogP contribution in [0, 0.1) is 11.3 Å². The highest BCUT2D eigenvalue weighted by molar-refractivity contribution is 5.77. The molecular weight excluding hydrogens is 228 g/mol. The van der Waals surface area contributed by atoms with Crippen LogP contribution in [0.1, 0.15) is 24.8 Å². The van der Waals surface area contributed by atoms with Crippen LogP contribution >= 0.6 is 0 Å². The van der Waals surface area contributed by atoms with Gasteiger partial charge in [-0.25, -0.2) is 0 Å². The van der Waals surface area contributed by atoms with Gasteiger partial charge in [0.05, 0.1) is 12.7 Å². The molecule has 4 heteroatoms. The summed E-state index contributed by atoms with van der Waals surface area (Å²) in [5, 5.41) is 8.84. The third kappa shape index (κ3) is 2.45. The number of carbonyl (C=O) groups is 1. The van der Waals surface area contributed by atoms with E-state index in [1.165, 1.54) is 0 Å². The van der Waals surface area contributed by atoms with Crippen LogP contribution in [-0.4, -0.2) is 25.7 Å². The first-order valence-electron chi connectivity index (χ1n) is 6.12. The average Bonchev–Trinajstić information content (AvgIpc) is 2.69. The Bertz CT molecular complexity index is 479. The fraction of sp³-hybridized carbons (Fsp3) is 0.429. The lowest BCUT2D eigenvalue weighted by molar-refractivity contribution is -0.141. The number of anilines is 1. The maximum Gasteiger partial charge on any atom is 0.325 e. The highest BCUT2D eigenvalue weighted by atomic mass is 16.5. The van der Waals surface area contributed by atoms with Crippen molar-refractivity contribution in [3.63, 3.8) is 0 Å². The Kier molecular flexibility index (Phi) is 3.83. The van der Waals surface area contributed by atoms with Gasteiger partial charge >= 0.3 is 5.97 Å². The second-order valence-corrected chi connectivity index (χ2v) is 4.30. The normalized spacial score (nSPS) is 17.1. The van der Waals surface area contributed by atoms with Crippen molar-refractivity contribution in [2.24, 2.45) is 0 Å². The number of hydrogen-bond donors (Lipinski definition) is 0. The first kappa shape index (κ1) is 12.4. The molecule has 1 atom stereocenters. The molecule has 4 nitrogen and oxygen atoms in total. The van der Waals surface area contributed by atoms with E-state index in [2.05, 4.69) is 6.07 Å². The number of benzene rings is 1. The van der Waals surface area contributed by atoms with Crippen LogP contribution in [0.15, 0.2) is 24.3 Å². The minimum Gasteiger partial charge on any atom is -0.465 e. The Morgan fingerprint density at radius 3 is 3.06 bits per heavy atom. The molecule has 0 saturated carbocycles. The summed E-state index contributed by atoms with van der Waals surface area (Å²) in [6.45, 7) is 3.17. The number of carbonyl (C=O) groups excluding carboxylic acids is 1. The standard InChI is InChI=1S/C14H16N2O2/c1-2-18-14(17)10-16-9-11(7-8-15)12-5-3-4-6-13(12)16/h3-6,11H,2,7,9-10H2,1H3. The lowest BCUT2D eigenvalue weighted by Crippen LogP contribution is -2.30. The smallest absolute Gasteiger partial charge is 0.325 e. The average molecular weight is 244 g/mol. The Morgan fingerprint density at radius 2 is 2.33 bits per heavy atom. The van der Waals surface area contributed by atoms with Gasteiger partial charge in [-0.05, 0) is 18.6 Å². The molecule has 0 N–H and O–H groups in total. The summed E-state index contributed by atoms with van der Waals surface area (Å²) in [5.74, 6) is -0.0227. The van der Waals surface area contributed by atoms with Gasteiger partial charge in [-0.2, -0.15) is 5.26 Å². The number of nitrogens with zero attached hydrogens (tertiary/aromatic N) is 2. The zero-order valence-corrected chi connectivity index (χ0v) is 10.4. The summed E-state index contributed by atoms with van der Waals surface area (Å²) in [6, 6.07) is 10.1. The molecule has 2 rings (SSSR count). The predicted octanol–water partition coefficient (Wildman–Crippen LogP) is 2.07. The van der Waals surface area contributed by atoms with Crippen molar-refractivity contribution in [2.75, 3.05) is 24.6 Å². The fourth-order valence-corrected chi connectivity index (χ4v) is 2.38. The van der Waals surface area contributed by atoms with Gasteiger partial charge in [0.2, 0.25) is 0 Å². The lowest BCUT2D eigenvalue weighted by Gasteiger charge is -2.18. The SMILES string of the molecule is CCOC(=O)CN1CC(CC#N)c2ccccc21. The number of esters is 1. The molecule has 0 aliphatic carbocycles. The number of ether oxygens (including phenoxy) is 1. The number of rotatable bonds is 4. The molecule has 0 bridgehead atoms. The van der Waals surface area contributed by atoms with E-state index in [0.29, 0.717) is 19.6 Å². The van der Waals surface area contributed by atoms with Crippen LogP contribution in [-0.2, 0) is 9.53 Å². The van der Waals surface area contributed by atoms with E-state index in [1.54, 1.807) is 6.92 Å². The molecule has 0 amide bonds. The number of fused-ring (bicyclic) bond motifs is 1. The van der Waals surface area contributed by atoms with Gasteiger partial charge in [0.15, 0.2) is 0 Å². The molecule has 94 valence electrons. The molecule has 0 saturated heterocycles. The van der Waals surface area contributed by atoms with E-state index < -0.39 is 0 Å². The molecule has 1 aliphatic heterocycles. The molecule has 0 fully saturated rings. The predicted molar refractivity (Wildman–Crippen MR) is 68.3 cm³/mol. The minimum absolute atomic E-state index is 0.195. The maximum atomic E-state index is 11.5.